The topological polar surface area (TPSA) is 142 Å². The van der Waals surface area contributed by atoms with Crippen molar-refractivity contribution in [3.8, 4) is 0 Å². The number of carbonyl (C=O) groups excluding carboxylic acids is 4. The monoisotopic (exact) mass is 646 g/mol. The maximum Gasteiger partial charge on any atom is 0.312 e. The lowest BCUT2D eigenvalue weighted by Crippen LogP contribution is -2.45. The highest BCUT2D eigenvalue weighted by Crippen LogP contribution is 2.49. The minimum atomic E-state index is -0.649. The van der Waals surface area contributed by atoms with Gasteiger partial charge in [-0.3, -0.25) is 19.2 Å². The van der Waals surface area contributed by atoms with Crippen LogP contribution < -0.4 is 0 Å². The molecule has 2 aliphatic carbocycles. The average Bonchev–Trinajstić information content (AvgIpc) is 3.68. The van der Waals surface area contributed by atoms with Crippen LogP contribution >= 0.6 is 0 Å². The molecule has 2 saturated carbocycles. The zero-order valence-corrected chi connectivity index (χ0v) is 26.5. The Morgan fingerprint density at radius 1 is 0.644 bits per heavy atom. The molecule has 12 heteroatoms. The standard InChI is InChI=1S/C16H26O6.C15H24O6.2CH4/c1-4-20-14(18)15(11-12(2)13(17)19-3)5-7-16(8-6-15)21-9-10-22-16;1-3-19-13(17)14(5-4-12(16)18-2)6-8-15(9-7-14)20-10-11-21-15;;/h12H,4-11H2,1-3H3;3-11H2,1-2H3;2*1H4. The Hall–Kier alpha value is -2.28. The highest BCUT2D eigenvalue weighted by Gasteiger charge is 2.52. The van der Waals surface area contributed by atoms with Crippen molar-refractivity contribution >= 4 is 23.9 Å². The Balaban J connectivity index is 0.000000431. The predicted molar refractivity (Wildman–Crippen MR) is 165 cm³/mol. The second-order valence-electron chi connectivity index (χ2n) is 11.9. The SMILES string of the molecule is C.C.CCOC(=O)C1(CC(C)C(=O)OC)CCC2(CC1)OCCO2.CCOC(=O)C1(CCC(=O)OC)CCC2(CC1)OCCO2. The normalized spacial score (nSPS) is 24.6. The maximum absolute atomic E-state index is 12.5. The Bertz CT molecular complexity index is 931. The lowest BCUT2D eigenvalue weighted by atomic mass is 9.67. The van der Waals surface area contributed by atoms with Gasteiger partial charge in [-0.15, -0.1) is 0 Å². The van der Waals surface area contributed by atoms with Gasteiger partial charge in [0.05, 0.1) is 70.6 Å². The lowest BCUT2D eigenvalue weighted by Gasteiger charge is -2.42. The average molecular weight is 647 g/mol. The zero-order chi connectivity index (χ0) is 31.6. The van der Waals surface area contributed by atoms with Crippen LogP contribution in [0.4, 0.5) is 0 Å². The van der Waals surface area contributed by atoms with Crippen LogP contribution in [0.3, 0.4) is 0 Å². The Labute approximate surface area is 269 Å². The van der Waals surface area contributed by atoms with E-state index in [4.69, 9.17) is 33.2 Å². The van der Waals surface area contributed by atoms with Crippen LogP contribution in [-0.2, 0) is 57.1 Å². The summed E-state index contributed by atoms with van der Waals surface area (Å²) in [6.07, 6.45) is 6.18. The maximum atomic E-state index is 12.5. The van der Waals surface area contributed by atoms with Crippen LogP contribution in [-0.4, -0.2) is 89.3 Å². The molecule has 0 aromatic carbocycles. The summed E-state index contributed by atoms with van der Waals surface area (Å²) in [5.41, 5.74) is -1.27. The summed E-state index contributed by atoms with van der Waals surface area (Å²) in [7, 11) is 2.72. The lowest BCUT2D eigenvalue weighted by molar-refractivity contribution is -0.201. The molecule has 0 N–H and O–H groups in total. The van der Waals surface area contributed by atoms with E-state index in [1.807, 2.05) is 0 Å². The molecule has 4 fully saturated rings. The van der Waals surface area contributed by atoms with Crippen LogP contribution in [0.5, 0.6) is 0 Å². The number of carbonyl (C=O) groups is 4. The molecular weight excluding hydrogens is 588 g/mol. The van der Waals surface area contributed by atoms with Gasteiger partial charge in [-0.05, 0) is 52.4 Å². The van der Waals surface area contributed by atoms with Gasteiger partial charge in [-0.1, -0.05) is 21.8 Å². The summed E-state index contributed by atoms with van der Waals surface area (Å²) in [6.45, 7) is 8.48. The van der Waals surface area contributed by atoms with E-state index >= 15 is 0 Å². The van der Waals surface area contributed by atoms with Crippen molar-refractivity contribution in [2.75, 3.05) is 53.9 Å². The van der Waals surface area contributed by atoms with Gasteiger partial charge in [0, 0.05) is 32.1 Å². The molecule has 0 amide bonds. The fraction of sp³-hybridized carbons (Fsp3) is 0.879. The number of rotatable bonds is 10. The van der Waals surface area contributed by atoms with Gasteiger partial charge >= 0.3 is 23.9 Å². The Kier molecular flexibility index (Phi) is 16.4. The second-order valence-corrected chi connectivity index (χ2v) is 11.9. The van der Waals surface area contributed by atoms with E-state index in [0.29, 0.717) is 104 Å². The number of hydrogen-bond donors (Lipinski definition) is 0. The first-order valence-corrected chi connectivity index (χ1v) is 15.6. The van der Waals surface area contributed by atoms with E-state index in [1.54, 1.807) is 20.8 Å². The number of methoxy groups -OCH3 is 2. The van der Waals surface area contributed by atoms with Crippen molar-refractivity contribution in [3.63, 3.8) is 0 Å². The summed E-state index contributed by atoms with van der Waals surface area (Å²) in [5, 5.41) is 0. The third kappa shape index (κ3) is 10.1. The second kappa shape index (κ2) is 18.2. The molecule has 1 atom stereocenters. The number of esters is 4. The zero-order valence-electron chi connectivity index (χ0n) is 26.5. The molecule has 4 aliphatic rings. The van der Waals surface area contributed by atoms with Crippen LogP contribution in [0.2, 0.25) is 0 Å². The molecule has 2 spiro atoms. The summed E-state index contributed by atoms with van der Waals surface area (Å²) in [4.78, 5) is 48.0. The molecule has 262 valence electrons. The first-order valence-electron chi connectivity index (χ1n) is 15.6. The first kappa shape index (κ1) is 40.7. The van der Waals surface area contributed by atoms with Crippen LogP contribution in [0.25, 0.3) is 0 Å². The van der Waals surface area contributed by atoms with Gasteiger partial charge in [0.15, 0.2) is 11.6 Å². The summed E-state index contributed by atoms with van der Waals surface area (Å²) in [5.74, 6) is -2.44. The summed E-state index contributed by atoms with van der Waals surface area (Å²) >= 11 is 0. The van der Waals surface area contributed by atoms with Gasteiger partial charge in [-0.2, -0.15) is 0 Å². The van der Waals surface area contributed by atoms with Crippen molar-refractivity contribution < 1.29 is 57.1 Å². The fourth-order valence-electron chi connectivity index (χ4n) is 6.72. The van der Waals surface area contributed by atoms with E-state index in [-0.39, 0.29) is 51.1 Å². The molecule has 45 heavy (non-hydrogen) atoms. The van der Waals surface area contributed by atoms with E-state index in [2.05, 4.69) is 4.74 Å². The minimum Gasteiger partial charge on any atom is -0.469 e. The third-order valence-electron chi connectivity index (χ3n) is 9.32. The molecule has 1 unspecified atom stereocenters. The van der Waals surface area contributed by atoms with E-state index in [1.165, 1.54) is 14.2 Å². The Morgan fingerprint density at radius 3 is 1.42 bits per heavy atom. The van der Waals surface area contributed by atoms with Gasteiger partial charge in [0.25, 0.3) is 0 Å². The fourth-order valence-corrected chi connectivity index (χ4v) is 6.72. The largest absolute Gasteiger partial charge is 0.469 e. The third-order valence-corrected chi connectivity index (χ3v) is 9.32. The van der Waals surface area contributed by atoms with Crippen molar-refractivity contribution in [1.82, 2.24) is 0 Å². The number of hydrogen-bond acceptors (Lipinski definition) is 12. The predicted octanol–water partition coefficient (Wildman–Crippen LogP) is 5.13. The van der Waals surface area contributed by atoms with Gasteiger partial charge in [-0.25, -0.2) is 0 Å². The quantitative estimate of drug-likeness (QED) is 0.229. The molecule has 0 aromatic rings. The smallest absolute Gasteiger partial charge is 0.312 e. The van der Waals surface area contributed by atoms with Crippen LogP contribution in [0, 0.1) is 16.7 Å². The van der Waals surface area contributed by atoms with Crippen molar-refractivity contribution in [2.24, 2.45) is 16.7 Å². The van der Waals surface area contributed by atoms with Crippen molar-refractivity contribution in [3.05, 3.63) is 0 Å². The highest BCUT2D eigenvalue weighted by molar-refractivity contribution is 5.79. The first-order chi connectivity index (χ1) is 20.5. The van der Waals surface area contributed by atoms with Crippen LogP contribution in [0.15, 0.2) is 0 Å². The van der Waals surface area contributed by atoms with Crippen molar-refractivity contribution in [2.45, 2.75) is 118 Å². The molecule has 2 heterocycles. The molecular formula is C33H58O12. The number of ether oxygens (including phenoxy) is 8. The molecule has 12 nitrogen and oxygen atoms in total. The van der Waals surface area contributed by atoms with Crippen molar-refractivity contribution in [1.29, 1.82) is 0 Å². The molecule has 0 radical (unpaired) electrons. The molecule has 2 aliphatic heterocycles. The van der Waals surface area contributed by atoms with Gasteiger partial charge in [0.1, 0.15) is 0 Å². The van der Waals surface area contributed by atoms with E-state index in [0.717, 1.165) is 0 Å². The Morgan fingerprint density at radius 2 is 1.04 bits per heavy atom. The molecule has 0 aromatic heterocycles. The van der Waals surface area contributed by atoms with Gasteiger partial charge < -0.3 is 37.9 Å². The molecule has 4 rings (SSSR count). The highest BCUT2D eigenvalue weighted by atomic mass is 16.7. The minimum absolute atomic E-state index is 0. The van der Waals surface area contributed by atoms with E-state index < -0.39 is 22.4 Å². The van der Waals surface area contributed by atoms with E-state index in [9.17, 15) is 19.2 Å². The molecule has 0 bridgehead atoms. The van der Waals surface area contributed by atoms with Gasteiger partial charge in [0.2, 0.25) is 0 Å². The summed E-state index contributed by atoms with van der Waals surface area (Å²) < 4.78 is 42.8. The summed E-state index contributed by atoms with van der Waals surface area (Å²) in [6, 6.07) is 0. The molecule has 2 saturated heterocycles. The van der Waals surface area contributed by atoms with Crippen LogP contribution in [0.1, 0.15) is 106 Å².